The van der Waals surface area contributed by atoms with Crippen LogP contribution in [-0.4, -0.2) is 44.3 Å². The lowest BCUT2D eigenvalue weighted by molar-refractivity contribution is -0.135. The number of rotatable bonds is 4. The molecule has 8 nitrogen and oxygen atoms in total. The molecular weight excluding hydrogens is 411 g/mol. The normalized spacial score (nSPS) is 17.6. The standard InChI is InChI=1S/C23H21FN6O2/c24-15-4-1-5-16(11-15)26-22-17-13-30(23(32)19-6-7-20(31)27-19)10-8-18(17)28-21(29-22)14-3-2-9-25-12-14/h1-5,9,11-12,19H,6-8,10,13H2,(H,27,31)(H,26,28,29)/t19-/m0/s1. The third kappa shape index (κ3) is 4.01. The van der Waals surface area contributed by atoms with E-state index in [0.717, 1.165) is 16.8 Å². The third-order valence-corrected chi connectivity index (χ3v) is 5.67. The molecule has 2 N–H and O–H groups in total. The van der Waals surface area contributed by atoms with Gasteiger partial charge in [-0.05, 0) is 36.8 Å². The molecular formula is C23H21FN6O2. The number of hydrogen-bond donors (Lipinski definition) is 2. The Kier molecular flexibility index (Phi) is 5.22. The molecule has 0 radical (unpaired) electrons. The summed E-state index contributed by atoms with van der Waals surface area (Å²) in [6, 6.07) is 9.33. The van der Waals surface area contributed by atoms with Crippen molar-refractivity contribution in [2.45, 2.75) is 31.8 Å². The molecule has 1 fully saturated rings. The summed E-state index contributed by atoms with van der Waals surface area (Å²) < 4.78 is 13.8. The Bertz CT molecular complexity index is 1190. The highest BCUT2D eigenvalue weighted by Gasteiger charge is 2.33. The minimum Gasteiger partial charge on any atom is -0.344 e. The number of pyridine rings is 1. The first-order valence-corrected chi connectivity index (χ1v) is 10.5. The Morgan fingerprint density at radius 3 is 2.84 bits per heavy atom. The van der Waals surface area contributed by atoms with E-state index in [4.69, 9.17) is 9.97 Å². The molecule has 2 aliphatic heterocycles. The van der Waals surface area contributed by atoms with Crippen molar-refractivity contribution in [1.29, 1.82) is 0 Å². The quantitative estimate of drug-likeness (QED) is 0.657. The summed E-state index contributed by atoms with van der Waals surface area (Å²) in [5, 5.41) is 5.94. The van der Waals surface area contributed by atoms with Crippen LogP contribution in [0.1, 0.15) is 24.1 Å². The van der Waals surface area contributed by atoms with Crippen LogP contribution in [0.2, 0.25) is 0 Å². The predicted octanol–water partition coefficient (Wildman–Crippen LogP) is 2.58. The number of amides is 2. The lowest BCUT2D eigenvalue weighted by Crippen LogP contribution is -2.46. The lowest BCUT2D eigenvalue weighted by Gasteiger charge is -2.31. The molecule has 3 aromatic rings. The van der Waals surface area contributed by atoms with Crippen LogP contribution < -0.4 is 10.6 Å². The maximum Gasteiger partial charge on any atom is 0.245 e. The van der Waals surface area contributed by atoms with Gasteiger partial charge in [-0.25, -0.2) is 14.4 Å². The summed E-state index contributed by atoms with van der Waals surface area (Å²) in [4.78, 5) is 39.8. The van der Waals surface area contributed by atoms with Crippen molar-refractivity contribution >= 4 is 23.3 Å². The Labute approximate surface area is 183 Å². The molecule has 2 aromatic heterocycles. The molecule has 2 amide bonds. The Balaban J connectivity index is 1.50. The molecule has 4 heterocycles. The number of benzene rings is 1. The zero-order chi connectivity index (χ0) is 22.1. The molecule has 1 atom stereocenters. The van der Waals surface area contributed by atoms with Crippen LogP contribution in [0.3, 0.4) is 0 Å². The largest absolute Gasteiger partial charge is 0.344 e. The van der Waals surface area contributed by atoms with Gasteiger partial charge >= 0.3 is 0 Å². The topological polar surface area (TPSA) is 100 Å². The molecule has 1 aromatic carbocycles. The van der Waals surface area contributed by atoms with Crippen LogP contribution in [0.5, 0.6) is 0 Å². The van der Waals surface area contributed by atoms with Gasteiger partial charge in [0.05, 0.1) is 12.2 Å². The van der Waals surface area contributed by atoms with Crippen molar-refractivity contribution in [2.24, 2.45) is 0 Å². The molecule has 5 rings (SSSR count). The zero-order valence-corrected chi connectivity index (χ0v) is 17.2. The van der Waals surface area contributed by atoms with Gasteiger partial charge in [0, 0.05) is 48.6 Å². The summed E-state index contributed by atoms with van der Waals surface area (Å²) >= 11 is 0. The highest BCUT2D eigenvalue weighted by molar-refractivity contribution is 5.91. The van der Waals surface area contributed by atoms with Crippen molar-refractivity contribution in [3.8, 4) is 11.4 Å². The second-order valence-corrected chi connectivity index (χ2v) is 7.87. The maximum atomic E-state index is 13.8. The van der Waals surface area contributed by atoms with Crippen molar-refractivity contribution in [2.75, 3.05) is 11.9 Å². The SMILES string of the molecule is O=C1CC[C@@H](C(=O)N2CCc3nc(-c4cccnc4)nc(Nc4cccc(F)c4)c3C2)N1. The van der Waals surface area contributed by atoms with Gasteiger partial charge in [-0.3, -0.25) is 14.6 Å². The molecule has 162 valence electrons. The Hall–Kier alpha value is -3.88. The molecule has 9 heteroatoms. The highest BCUT2D eigenvalue weighted by Crippen LogP contribution is 2.30. The Morgan fingerprint density at radius 2 is 2.09 bits per heavy atom. The molecule has 1 saturated heterocycles. The van der Waals surface area contributed by atoms with Crippen LogP contribution in [0.15, 0.2) is 48.8 Å². The van der Waals surface area contributed by atoms with Gasteiger partial charge < -0.3 is 15.5 Å². The molecule has 0 saturated carbocycles. The molecule has 0 bridgehead atoms. The van der Waals surface area contributed by atoms with Crippen LogP contribution in [0.25, 0.3) is 11.4 Å². The second kappa shape index (κ2) is 8.33. The van der Waals surface area contributed by atoms with Crippen molar-refractivity contribution in [1.82, 2.24) is 25.2 Å². The molecule has 0 spiro atoms. The number of fused-ring (bicyclic) bond motifs is 1. The zero-order valence-electron chi connectivity index (χ0n) is 17.2. The third-order valence-electron chi connectivity index (χ3n) is 5.67. The molecule has 0 aliphatic carbocycles. The summed E-state index contributed by atoms with van der Waals surface area (Å²) in [6.45, 7) is 0.812. The number of carbonyl (C=O) groups is 2. The van der Waals surface area contributed by atoms with Gasteiger partial charge in [0.25, 0.3) is 0 Å². The molecule has 2 aliphatic rings. The van der Waals surface area contributed by atoms with Crippen LogP contribution in [0.4, 0.5) is 15.9 Å². The summed E-state index contributed by atoms with van der Waals surface area (Å²) in [6.07, 6.45) is 4.79. The smallest absolute Gasteiger partial charge is 0.245 e. The number of anilines is 2. The summed E-state index contributed by atoms with van der Waals surface area (Å²) in [5.41, 5.74) is 2.93. The van der Waals surface area contributed by atoms with Crippen molar-refractivity contribution in [3.05, 3.63) is 65.9 Å². The van der Waals surface area contributed by atoms with E-state index in [0.29, 0.717) is 49.7 Å². The minimum absolute atomic E-state index is 0.0985. The lowest BCUT2D eigenvalue weighted by atomic mass is 10.0. The van der Waals surface area contributed by atoms with Gasteiger partial charge in [-0.15, -0.1) is 0 Å². The maximum absolute atomic E-state index is 13.8. The van der Waals surface area contributed by atoms with E-state index in [2.05, 4.69) is 15.6 Å². The van der Waals surface area contributed by atoms with E-state index >= 15 is 0 Å². The average Bonchev–Trinajstić information content (AvgIpc) is 3.25. The second-order valence-electron chi connectivity index (χ2n) is 7.87. The van der Waals surface area contributed by atoms with Crippen LogP contribution in [0, 0.1) is 5.82 Å². The van der Waals surface area contributed by atoms with E-state index < -0.39 is 6.04 Å². The number of aromatic nitrogens is 3. The number of carbonyl (C=O) groups excluding carboxylic acids is 2. The highest BCUT2D eigenvalue weighted by atomic mass is 19.1. The van der Waals surface area contributed by atoms with Gasteiger partial charge in [0.15, 0.2) is 5.82 Å². The number of halogens is 1. The van der Waals surface area contributed by atoms with Gasteiger partial charge in [-0.1, -0.05) is 6.07 Å². The fourth-order valence-electron chi connectivity index (χ4n) is 4.05. The van der Waals surface area contributed by atoms with Crippen molar-refractivity contribution in [3.63, 3.8) is 0 Å². The first kappa shape index (κ1) is 20.0. The van der Waals surface area contributed by atoms with E-state index in [-0.39, 0.29) is 17.6 Å². The van der Waals surface area contributed by atoms with Crippen LogP contribution >= 0.6 is 0 Å². The average molecular weight is 432 g/mol. The fourth-order valence-corrected chi connectivity index (χ4v) is 4.05. The first-order chi connectivity index (χ1) is 15.6. The van der Waals surface area contributed by atoms with Crippen LogP contribution in [-0.2, 0) is 22.6 Å². The van der Waals surface area contributed by atoms with Crippen molar-refractivity contribution < 1.29 is 14.0 Å². The summed E-state index contributed by atoms with van der Waals surface area (Å²) in [7, 11) is 0. The van der Waals surface area contributed by atoms with Gasteiger partial charge in [0.2, 0.25) is 11.8 Å². The summed E-state index contributed by atoms with van der Waals surface area (Å²) in [5.74, 6) is 0.471. The number of nitrogens with one attached hydrogen (secondary N) is 2. The molecule has 0 unspecified atom stereocenters. The monoisotopic (exact) mass is 432 g/mol. The minimum atomic E-state index is -0.487. The van der Waals surface area contributed by atoms with Gasteiger partial charge in [0.1, 0.15) is 17.7 Å². The predicted molar refractivity (Wildman–Crippen MR) is 115 cm³/mol. The van der Waals surface area contributed by atoms with E-state index in [1.54, 1.807) is 29.4 Å². The molecule has 32 heavy (non-hydrogen) atoms. The van der Waals surface area contributed by atoms with E-state index in [1.165, 1.54) is 12.1 Å². The van der Waals surface area contributed by atoms with Gasteiger partial charge in [-0.2, -0.15) is 0 Å². The fraction of sp³-hybridized carbons (Fsp3) is 0.261. The number of nitrogens with zero attached hydrogens (tertiary/aromatic N) is 4. The Morgan fingerprint density at radius 1 is 1.19 bits per heavy atom. The van der Waals surface area contributed by atoms with E-state index in [1.807, 2.05) is 12.1 Å². The van der Waals surface area contributed by atoms with E-state index in [9.17, 15) is 14.0 Å². The number of hydrogen-bond acceptors (Lipinski definition) is 6. The first-order valence-electron chi connectivity index (χ1n) is 10.5.